The van der Waals surface area contributed by atoms with Crippen molar-refractivity contribution in [2.75, 3.05) is 0 Å². The number of ketones is 2. The van der Waals surface area contributed by atoms with Crippen LogP contribution in [0.2, 0.25) is 0 Å². The summed E-state index contributed by atoms with van der Waals surface area (Å²) in [4.78, 5) is 26.6. The molecule has 2 unspecified atom stereocenters. The molecular formula is C19H24O2S. The Labute approximate surface area is 136 Å². The van der Waals surface area contributed by atoms with Crippen molar-refractivity contribution in [1.82, 2.24) is 0 Å². The first kappa shape index (κ1) is 14.6. The molecule has 0 N–H and O–H groups in total. The first-order valence-corrected chi connectivity index (χ1v) is 9.62. The molecule has 1 aromatic heterocycles. The van der Waals surface area contributed by atoms with Gasteiger partial charge in [0.1, 0.15) is 11.6 Å². The van der Waals surface area contributed by atoms with Crippen LogP contribution < -0.4 is 0 Å². The minimum atomic E-state index is 0.179. The Balaban J connectivity index is 1.64. The standard InChI is InChI=1S/C19H24O2S/c1-11-14(7-8-22-11)13-9-16-15(18(21)10-13)6-5-12-3-2-4-17(20)19(12)16/h7-8,12-13,15-16,19H,2-6,9-10H2,1H3/t12?,13-,15-,16?,19+/m1/s1. The number of hydrogen-bond acceptors (Lipinski definition) is 3. The summed E-state index contributed by atoms with van der Waals surface area (Å²) in [6.07, 6.45) is 6.92. The molecule has 0 radical (unpaired) electrons. The van der Waals surface area contributed by atoms with Crippen LogP contribution in [0, 0.1) is 30.6 Å². The lowest BCUT2D eigenvalue weighted by atomic mass is 9.55. The Morgan fingerprint density at radius 3 is 2.77 bits per heavy atom. The molecule has 22 heavy (non-hydrogen) atoms. The van der Waals surface area contributed by atoms with Crippen molar-refractivity contribution < 1.29 is 9.59 Å². The number of rotatable bonds is 1. The molecule has 118 valence electrons. The van der Waals surface area contributed by atoms with E-state index in [4.69, 9.17) is 0 Å². The average Bonchev–Trinajstić information content (AvgIpc) is 2.93. The van der Waals surface area contributed by atoms with Crippen molar-refractivity contribution in [3.05, 3.63) is 21.9 Å². The summed E-state index contributed by atoms with van der Waals surface area (Å²) in [6, 6.07) is 2.20. The normalized spacial score (nSPS) is 38.5. The van der Waals surface area contributed by atoms with Gasteiger partial charge in [-0.2, -0.15) is 0 Å². The Bertz CT molecular complexity index is 602. The molecule has 5 atom stereocenters. The van der Waals surface area contributed by atoms with E-state index >= 15 is 0 Å². The molecule has 3 saturated carbocycles. The monoisotopic (exact) mass is 316 g/mol. The van der Waals surface area contributed by atoms with Crippen LogP contribution in [0.25, 0.3) is 0 Å². The lowest BCUT2D eigenvalue weighted by Gasteiger charge is -2.47. The van der Waals surface area contributed by atoms with E-state index < -0.39 is 0 Å². The largest absolute Gasteiger partial charge is 0.299 e. The van der Waals surface area contributed by atoms with E-state index in [2.05, 4.69) is 18.4 Å². The van der Waals surface area contributed by atoms with Crippen LogP contribution >= 0.6 is 11.3 Å². The quantitative estimate of drug-likeness (QED) is 0.763. The molecule has 0 aromatic carbocycles. The number of carbonyl (C=O) groups is 2. The van der Waals surface area contributed by atoms with Crippen LogP contribution in [0.4, 0.5) is 0 Å². The molecule has 0 saturated heterocycles. The summed E-state index contributed by atoms with van der Waals surface area (Å²) < 4.78 is 0. The highest BCUT2D eigenvalue weighted by Gasteiger charge is 2.49. The average molecular weight is 316 g/mol. The fourth-order valence-electron chi connectivity index (χ4n) is 5.49. The van der Waals surface area contributed by atoms with Gasteiger partial charge in [0.05, 0.1) is 0 Å². The van der Waals surface area contributed by atoms with E-state index in [9.17, 15) is 9.59 Å². The van der Waals surface area contributed by atoms with Crippen molar-refractivity contribution in [3.8, 4) is 0 Å². The number of hydrogen-bond donors (Lipinski definition) is 0. The molecule has 3 aliphatic rings. The van der Waals surface area contributed by atoms with Crippen molar-refractivity contribution in [2.45, 2.75) is 57.8 Å². The zero-order valence-corrected chi connectivity index (χ0v) is 14.0. The fraction of sp³-hybridized carbons (Fsp3) is 0.684. The number of fused-ring (bicyclic) bond motifs is 3. The molecule has 3 heteroatoms. The van der Waals surface area contributed by atoms with E-state index in [0.717, 1.165) is 32.1 Å². The van der Waals surface area contributed by atoms with Crippen LogP contribution in [0.5, 0.6) is 0 Å². The highest BCUT2D eigenvalue weighted by molar-refractivity contribution is 7.10. The maximum Gasteiger partial charge on any atom is 0.136 e. The number of carbonyl (C=O) groups excluding carboxylic acids is 2. The minimum Gasteiger partial charge on any atom is -0.299 e. The molecule has 3 fully saturated rings. The molecule has 1 heterocycles. The molecule has 3 aliphatic carbocycles. The Kier molecular flexibility index (Phi) is 3.72. The van der Waals surface area contributed by atoms with Gasteiger partial charge < -0.3 is 0 Å². The van der Waals surface area contributed by atoms with E-state index in [-0.39, 0.29) is 11.8 Å². The van der Waals surface area contributed by atoms with Crippen molar-refractivity contribution in [3.63, 3.8) is 0 Å². The second-order valence-electron chi connectivity index (χ2n) is 7.53. The van der Waals surface area contributed by atoms with Gasteiger partial charge >= 0.3 is 0 Å². The van der Waals surface area contributed by atoms with Gasteiger partial charge in [0.25, 0.3) is 0 Å². The maximum absolute atomic E-state index is 12.7. The second kappa shape index (κ2) is 5.59. The molecule has 2 nitrogen and oxygen atoms in total. The van der Waals surface area contributed by atoms with Crippen molar-refractivity contribution in [1.29, 1.82) is 0 Å². The van der Waals surface area contributed by atoms with Gasteiger partial charge in [-0.3, -0.25) is 9.59 Å². The van der Waals surface area contributed by atoms with Gasteiger partial charge in [-0.05, 0) is 73.8 Å². The summed E-state index contributed by atoms with van der Waals surface area (Å²) in [5.41, 5.74) is 1.36. The third kappa shape index (κ3) is 2.29. The lowest BCUT2D eigenvalue weighted by molar-refractivity contribution is -0.140. The smallest absolute Gasteiger partial charge is 0.136 e. The first-order chi connectivity index (χ1) is 10.6. The van der Waals surface area contributed by atoms with E-state index in [1.807, 2.05) is 0 Å². The van der Waals surface area contributed by atoms with Crippen LogP contribution in [-0.2, 0) is 9.59 Å². The molecule has 0 amide bonds. The predicted octanol–water partition coefficient (Wildman–Crippen LogP) is 4.51. The molecule has 4 rings (SSSR count). The predicted molar refractivity (Wildman–Crippen MR) is 88.1 cm³/mol. The highest BCUT2D eigenvalue weighted by Crippen LogP contribution is 2.52. The zero-order valence-electron chi connectivity index (χ0n) is 13.2. The van der Waals surface area contributed by atoms with Crippen LogP contribution in [0.3, 0.4) is 0 Å². The summed E-state index contributed by atoms with van der Waals surface area (Å²) in [5, 5.41) is 2.14. The zero-order chi connectivity index (χ0) is 15.3. The Hall–Kier alpha value is -0.960. The van der Waals surface area contributed by atoms with E-state index in [1.54, 1.807) is 11.3 Å². The summed E-state index contributed by atoms with van der Waals surface area (Å²) in [6.45, 7) is 2.16. The van der Waals surface area contributed by atoms with Crippen LogP contribution in [0.1, 0.15) is 61.3 Å². The van der Waals surface area contributed by atoms with Gasteiger partial charge in [0.15, 0.2) is 0 Å². The fourth-order valence-corrected chi connectivity index (χ4v) is 6.28. The molecule has 0 bridgehead atoms. The van der Waals surface area contributed by atoms with Gasteiger partial charge in [-0.15, -0.1) is 11.3 Å². The summed E-state index contributed by atoms with van der Waals surface area (Å²) >= 11 is 1.77. The third-order valence-electron chi connectivity index (χ3n) is 6.46. The van der Waals surface area contributed by atoms with Crippen molar-refractivity contribution >= 4 is 22.9 Å². The van der Waals surface area contributed by atoms with Gasteiger partial charge in [0, 0.05) is 29.6 Å². The summed E-state index contributed by atoms with van der Waals surface area (Å²) in [7, 11) is 0. The number of aryl methyl sites for hydroxylation is 1. The molecular weight excluding hydrogens is 292 g/mol. The summed E-state index contributed by atoms with van der Waals surface area (Å²) in [5.74, 6) is 2.52. The van der Waals surface area contributed by atoms with Gasteiger partial charge in [-0.25, -0.2) is 0 Å². The van der Waals surface area contributed by atoms with Crippen LogP contribution in [0.15, 0.2) is 11.4 Å². The third-order valence-corrected chi connectivity index (χ3v) is 7.32. The van der Waals surface area contributed by atoms with Crippen molar-refractivity contribution in [2.24, 2.45) is 23.7 Å². The topological polar surface area (TPSA) is 34.1 Å². The lowest BCUT2D eigenvalue weighted by Crippen LogP contribution is -2.47. The SMILES string of the molecule is Cc1sccc1[C@H]1CC(=O)[C@@H]2CCC3CCCC(=O)[C@@H]3C2C1. The minimum absolute atomic E-state index is 0.179. The number of Topliss-reactive ketones (excluding diaryl/α,β-unsaturated/α-hetero) is 2. The molecule has 1 aromatic rings. The van der Waals surface area contributed by atoms with Gasteiger partial charge in [-0.1, -0.05) is 0 Å². The Morgan fingerprint density at radius 1 is 1.14 bits per heavy atom. The van der Waals surface area contributed by atoms with Gasteiger partial charge in [0.2, 0.25) is 0 Å². The molecule has 0 aliphatic heterocycles. The Morgan fingerprint density at radius 2 is 2.00 bits per heavy atom. The maximum atomic E-state index is 12.7. The number of thiophene rings is 1. The first-order valence-electron chi connectivity index (χ1n) is 8.74. The highest BCUT2D eigenvalue weighted by atomic mass is 32.1. The molecule has 0 spiro atoms. The van der Waals surface area contributed by atoms with E-state index in [0.29, 0.717) is 35.7 Å². The second-order valence-corrected chi connectivity index (χ2v) is 8.65. The van der Waals surface area contributed by atoms with Crippen LogP contribution in [-0.4, -0.2) is 11.6 Å². The van der Waals surface area contributed by atoms with E-state index in [1.165, 1.54) is 16.9 Å².